The minimum absolute atomic E-state index is 0.213. The summed E-state index contributed by atoms with van der Waals surface area (Å²) in [5.41, 5.74) is 0.213. The highest BCUT2D eigenvalue weighted by Gasteiger charge is 2.53. The Bertz CT molecular complexity index is 328. The van der Waals surface area contributed by atoms with Gasteiger partial charge in [-0.25, -0.2) is 0 Å². The summed E-state index contributed by atoms with van der Waals surface area (Å²) in [6.07, 6.45) is 8.11. The van der Waals surface area contributed by atoms with Gasteiger partial charge in [0.05, 0.1) is 6.54 Å². The summed E-state index contributed by atoms with van der Waals surface area (Å²) in [7, 11) is 2.05. The van der Waals surface area contributed by atoms with Gasteiger partial charge < -0.3 is 10.2 Å². The van der Waals surface area contributed by atoms with Gasteiger partial charge in [-0.3, -0.25) is 4.79 Å². The van der Waals surface area contributed by atoms with Crippen LogP contribution in [0.4, 0.5) is 0 Å². The van der Waals surface area contributed by atoms with Gasteiger partial charge in [-0.05, 0) is 56.3 Å². The first-order valence-corrected chi connectivity index (χ1v) is 7.98. The second kappa shape index (κ2) is 4.76. The van der Waals surface area contributed by atoms with Crippen LogP contribution < -0.4 is 5.32 Å². The third-order valence-corrected chi connectivity index (χ3v) is 5.75. The number of amides is 1. The third-order valence-electron chi connectivity index (χ3n) is 5.75. The van der Waals surface area contributed by atoms with E-state index >= 15 is 0 Å². The average molecular weight is 264 g/mol. The Morgan fingerprint density at radius 2 is 1.63 bits per heavy atom. The molecule has 0 radical (unpaired) electrons. The quantitative estimate of drug-likeness (QED) is 0.845. The fourth-order valence-corrected chi connectivity index (χ4v) is 5.15. The predicted octanol–water partition coefficient (Wildman–Crippen LogP) is 2.41. The lowest BCUT2D eigenvalue weighted by Crippen LogP contribution is -2.61. The third kappa shape index (κ3) is 2.42. The zero-order valence-corrected chi connectivity index (χ0v) is 12.6. The van der Waals surface area contributed by atoms with Crippen LogP contribution in [0.25, 0.3) is 0 Å². The van der Waals surface area contributed by atoms with Crippen molar-refractivity contribution in [2.45, 2.75) is 64.0 Å². The summed E-state index contributed by atoms with van der Waals surface area (Å²) in [5, 5.41) is 3.27. The average Bonchev–Trinajstić information content (AvgIpc) is 2.33. The van der Waals surface area contributed by atoms with E-state index in [-0.39, 0.29) is 11.4 Å². The molecule has 3 nitrogen and oxygen atoms in total. The van der Waals surface area contributed by atoms with Crippen molar-refractivity contribution in [3.63, 3.8) is 0 Å². The van der Waals surface area contributed by atoms with E-state index in [9.17, 15) is 4.79 Å². The van der Waals surface area contributed by atoms with E-state index in [0.29, 0.717) is 12.6 Å². The first kappa shape index (κ1) is 13.4. The SMILES string of the molecule is CC(C)NCC(=O)N(C)C12CC3CC(CC(C3)C1)C2. The molecule has 0 atom stereocenters. The number of rotatable bonds is 4. The number of likely N-dealkylation sites (N-methyl/N-ethyl adjacent to an activating group) is 1. The van der Waals surface area contributed by atoms with Crippen molar-refractivity contribution in [1.82, 2.24) is 10.2 Å². The Kier molecular flexibility index (Phi) is 3.36. The molecule has 4 aliphatic carbocycles. The maximum Gasteiger partial charge on any atom is 0.236 e. The molecule has 3 heteroatoms. The van der Waals surface area contributed by atoms with Crippen LogP contribution in [-0.2, 0) is 4.79 Å². The van der Waals surface area contributed by atoms with Gasteiger partial charge in [-0.2, -0.15) is 0 Å². The minimum atomic E-state index is 0.213. The molecule has 19 heavy (non-hydrogen) atoms. The van der Waals surface area contributed by atoms with Gasteiger partial charge in [-0.1, -0.05) is 13.8 Å². The summed E-state index contributed by atoms with van der Waals surface area (Å²) in [6, 6.07) is 0.383. The highest BCUT2D eigenvalue weighted by atomic mass is 16.2. The Labute approximate surface area is 117 Å². The van der Waals surface area contributed by atoms with Crippen LogP contribution in [0.1, 0.15) is 52.4 Å². The van der Waals surface area contributed by atoms with Gasteiger partial charge >= 0.3 is 0 Å². The summed E-state index contributed by atoms with van der Waals surface area (Å²) in [5.74, 6) is 2.99. The molecule has 1 amide bonds. The molecule has 0 unspecified atom stereocenters. The zero-order valence-electron chi connectivity index (χ0n) is 12.6. The maximum atomic E-state index is 12.4. The van der Waals surface area contributed by atoms with Gasteiger partial charge in [0.15, 0.2) is 0 Å². The van der Waals surface area contributed by atoms with E-state index in [1.54, 1.807) is 0 Å². The number of hydrogen-bond acceptors (Lipinski definition) is 2. The second-order valence-corrected chi connectivity index (χ2v) is 7.63. The topological polar surface area (TPSA) is 32.3 Å². The summed E-state index contributed by atoms with van der Waals surface area (Å²) < 4.78 is 0. The van der Waals surface area contributed by atoms with Crippen molar-refractivity contribution >= 4 is 5.91 Å². The molecule has 0 aromatic carbocycles. The number of carbonyl (C=O) groups is 1. The standard InChI is InChI=1S/C16H28N2O/c1-11(2)17-10-15(19)18(3)16-7-12-4-13(8-16)6-14(5-12)9-16/h11-14,17H,4-10H2,1-3H3. The Morgan fingerprint density at radius 3 is 2.05 bits per heavy atom. The van der Waals surface area contributed by atoms with Crippen molar-refractivity contribution < 1.29 is 4.79 Å². The molecular formula is C16H28N2O. The lowest BCUT2D eigenvalue weighted by Gasteiger charge is -2.59. The van der Waals surface area contributed by atoms with Gasteiger partial charge in [0.25, 0.3) is 0 Å². The normalized spacial score (nSPS) is 39.9. The van der Waals surface area contributed by atoms with E-state index in [4.69, 9.17) is 0 Å². The van der Waals surface area contributed by atoms with Crippen LogP contribution in [-0.4, -0.2) is 36.0 Å². The van der Waals surface area contributed by atoms with Gasteiger partial charge in [0.2, 0.25) is 5.91 Å². The van der Waals surface area contributed by atoms with Gasteiger partial charge in [0.1, 0.15) is 0 Å². The second-order valence-electron chi connectivity index (χ2n) is 7.63. The van der Waals surface area contributed by atoms with Crippen LogP contribution in [0.3, 0.4) is 0 Å². The first-order valence-electron chi connectivity index (χ1n) is 7.98. The summed E-state index contributed by atoms with van der Waals surface area (Å²) in [6.45, 7) is 4.69. The fourth-order valence-electron chi connectivity index (χ4n) is 5.15. The number of carbonyl (C=O) groups excluding carboxylic acids is 1. The molecule has 0 heterocycles. The number of nitrogens with zero attached hydrogens (tertiary/aromatic N) is 1. The molecule has 0 aromatic rings. The van der Waals surface area contributed by atoms with E-state index in [1.807, 2.05) is 0 Å². The summed E-state index contributed by atoms with van der Waals surface area (Å²) in [4.78, 5) is 14.5. The van der Waals surface area contributed by atoms with Crippen molar-refractivity contribution in [2.24, 2.45) is 17.8 Å². The highest BCUT2D eigenvalue weighted by molar-refractivity contribution is 5.79. The van der Waals surface area contributed by atoms with Crippen molar-refractivity contribution in [1.29, 1.82) is 0 Å². The monoisotopic (exact) mass is 264 g/mol. The molecule has 4 rings (SSSR count). The number of hydrogen-bond donors (Lipinski definition) is 1. The molecule has 0 saturated heterocycles. The Hall–Kier alpha value is -0.570. The van der Waals surface area contributed by atoms with Gasteiger partial charge in [-0.15, -0.1) is 0 Å². The number of nitrogens with one attached hydrogen (secondary N) is 1. The zero-order chi connectivity index (χ0) is 13.6. The molecule has 4 bridgehead atoms. The summed E-state index contributed by atoms with van der Waals surface area (Å²) >= 11 is 0. The van der Waals surface area contributed by atoms with E-state index < -0.39 is 0 Å². The van der Waals surface area contributed by atoms with Crippen molar-refractivity contribution in [2.75, 3.05) is 13.6 Å². The Morgan fingerprint density at radius 1 is 1.16 bits per heavy atom. The van der Waals surface area contributed by atoms with Crippen LogP contribution >= 0.6 is 0 Å². The molecule has 108 valence electrons. The van der Waals surface area contributed by atoms with Crippen LogP contribution in [0.2, 0.25) is 0 Å². The smallest absolute Gasteiger partial charge is 0.236 e. The minimum Gasteiger partial charge on any atom is -0.339 e. The van der Waals surface area contributed by atoms with Crippen molar-refractivity contribution in [3.8, 4) is 0 Å². The van der Waals surface area contributed by atoms with Crippen LogP contribution in [0.15, 0.2) is 0 Å². The van der Waals surface area contributed by atoms with Gasteiger partial charge in [0, 0.05) is 18.6 Å². The molecule has 4 saturated carbocycles. The largest absolute Gasteiger partial charge is 0.339 e. The van der Waals surface area contributed by atoms with E-state index in [0.717, 1.165) is 17.8 Å². The molecule has 0 aromatic heterocycles. The lowest BCUT2D eigenvalue weighted by atomic mass is 9.52. The fraction of sp³-hybridized carbons (Fsp3) is 0.938. The predicted molar refractivity (Wildman–Crippen MR) is 76.8 cm³/mol. The maximum absolute atomic E-state index is 12.4. The molecule has 1 N–H and O–H groups in total. The van der Waals surface area contributed by atoms with E-state index in [2.05, 4.69) is 31.1 Å². The van der Waals surface area contributed by atoms with Crippen LogP contribution in [0, 0.1) is 17.8 Å². The molecule has 4 fully saturated rings. The first-order chi connectivity index (χ1) is 8.98. The lowest BCUT2D eigenvalue weighted by molar-refractivity contribution is -0.146. The van der Waals surface area contributed by atoms with Crippen LogP contribution in [0.5, 0.6) is 0 Å². The van der Waals surface area contributed by atoms with E-state index in [1.165, 1.54) is 38.5 Å². The highest BCUT2D eigenvalue weighted by Crippen LogP contribution is 2.57. The van der Waals surface area contributed by atoms with Crippen molar-refractivity contribution in [3.05, 3.63) is 0 Å². The Balaban J connectivity index is 1.69. The molecule has 4 aliphatic rings. The molecule has 0 spiro atoms. The molecule has 0 aliphatic heterocycles. The molecular weight excluding hydrogens is 236 g/mol.